The number of ether oxygens (including phenoxy) is 1. The van der Waals surface area contributed by atoms with Crippen LogP contribution in [0.1, 0.15) is 103 Å². The molecule has 2 amide bonds. The lowest BCUT2D eigenvalue weighted by Gasteiger charge is -2.35. The average Bonchev–Trinajstić information content (AvgIpc) is 2.12. The molecule has 0 aromatic carbocycles. The van der Waals surface area contributed by atoms with E-state index in [1.165, 1.54) is 4.57 Å². The summed E-state index contributed by atoms with van der Waals surface area (Å²) in [6.07, 6.45) is 5.16. The van der Waals surface area contributed by atoms with Gasteiger partial charge in [-0.2, -0.15) is 41.5 Å². The molecule has 4 aliphatic heterocycles. The number of rotatable bonds is 32. The molecule has 4 aliphatic rings. The van der Waals surface area contributed by atoms with Crippen molar-refractivity contribution in [2.24, 2.45) is 17.4 Å². The van der Waals surface area contributed by atoms with Crippen LogP contribution in [-0.2, 0) is 72.3 Å². The van der Waals surface area contributed by atoms with Gasteiger partial charge in [0.1, 0.15) is 12.3 Å². The minimum Gasteiger partial charge on any atom is -0.390 e. The first-order chi connectivity index (χ1) is 40.3. The summed E-state index contributed by atoms with van der Waals surface area (Å²) in [7, 11) is -37.1. The largest absolute Gasteiger partial charge is 0.490 e. The van der Waals surface area contributed by atoms with E-state index in [0.717, 1.165) is 58.2 Å². The van der Waals surface area contributed by atoms with Crippen molar-refractivity contribution in [1.82, 2.24) is 45.1 Å². The molecule has 0 radical (unpaired) electrons. The average molecular weight is 1350 g/mol. The highest BCUT2D eigenvalue weighted by molar-refractivity contribution is 7.72. The van der Waals surface area contributed by atoms with E-state index in [-0.39, 0.29) is 66.2 Å². The number of aromatic nitrogens is 7. The summed E-state index contributed by atoms with van der Waals surface area (Å²) in [5.74, 6) is 1.26. The zero-order valence-corrected chi connectivity index (χ0v) is 51.6. The van der Waals surface area contributed by atoms with Gasteiger partial charge in [-0.05, 0) is 64.2 Å². The Kier molecular flexibility index (Phi) is 24.6. The number of phosphoric ester groups is 2. The standard InChI is InChI=1S/C41H73N15O24P6/c42-28-11-19-54(20-12-28)40-50-39(51-41(52-40)55-21-13-29(43)14-22-55)53-17-9-27(10-18-53)36(59)46-16-6-3-4-8-32(58)45-15-5-1-2-7-23-73-81(61,62)76-83(65,66)78-85(69,70)80-86(71,72)79-84(67,68)77-82(63,64)74-25-31-30(57)24-33(75-31)56-26-47-34-35(56)48-38(44)49-37(34)60/h26-31,33,57H,1-25,42-43H2,(H,45,58)(H,46,59)(H,61,62)(H,63,64)(H,65,66)(H,67,68)(H,69,70)(H,71,72)(H3,44,48,49,60). The normalized spacial score (nSPS) is 23.6. The van der Waals surface area contributed by atoms with Crippen molar-refractivity contribution in [2.75, 3.05) is 86.0 Å². The Balaban J connectivity index is 0.707. The van der Waals surface area contributed by atoms with Crippen LogP contribution in [0.5, 0.6) is 0 Å². The second-order valence-electron chi connectivity index (χ2n) is 20.6. The van der Waals surface area contributed by atoms with Gasteiger partial charge in [0.05, 0.1) is 25.6 Å². The fourth-order valence-electron chi connectivity index (χ4n) is 9.44. The van der Waals surface area contributed by atoms with E-state index in [2.05, 4.69) is 70.9 Å². The number of nitrogens with one attached hydrogen (secondary N) is 3. The predicted octanol–water partition coefficient (Wildman–Crippen LogP) is 1.38. The van der Waals surface area contributed by atoms with Crippen molar-refractivity contribution in [3.63, 3.8) is 0 Å². The number of fused-ring (bicyclic) bond motifs is 1. The van der Waals surface area contributed by atoms with Crippen molar-refractivity contribution in [3.05, 3.63) is 16.7 Å². The molecule has 45 heteroatoms. The van der Waals surface area contributed by atoms with Crippen LogP contribution in [0.4, 0.5) is 23.8 Å². The summed E-state index contributed by atoms with van der Waals surface area (Å²) >= 11 is 0. The highest BCUT2D eigenvalue weighted by Gasteiger charge is 2.50. The van der Waals surface area contributed by atoms with Crippen LogP contribution < -0.4 is 48.1 Å². The molecule has 0 aliphatic carbocycles. The van der Waals surface area contributed by atoms with Crippen LogP contribution in [0.2, 0.25) is 0 Å². The van der Waals surface area contributed by atoms with Crippen LogP contribution >= 0.6 is 46.9 Å². The number of H-pyrrole nitrogens is 1. The lowest BCUT2D eigenvalue weighted by atomic mass is 9.96. The Morgan fingerprint density at radius 1 is 0.628 bits per heavy atom. The van der Waals surface area contributed by atoms with Gasteiger partial charge in [-0.1, -0.05) is 19.3 Å². The Hall–Kier alpha value is -3.80. The number of hydrogen-bond donors (Lipinski definition) is 13. The lowest BCUT2D eigenvalue weighted by Crippen LogP contribution is -2.44. The fraction of sp³-hybridized carbons (Fsp3) is 0.756. The summed E-state index contributed by atoms with van der Waals surface area (Å²) in [6.45, 7) is 3.43. The third kappa shape index (κ3) is 21.7. The number of carbonyl (C=O) groups is 2. The zero-order valence-electron chi connectivity index (χ0n) is 46.2. The Morgan fingerprint density at radius 2 is 1.08 bits per heavy atom. The second-order valence-corrected chi connectivity index (χ2v) is 30.0. The van der Waals surface area contributed by atoms with E-state index in [0.29, 0.717) is 95.4 Å². The Morgan fingerprint density at radius 3 is 1.60 bits per heavy atom. The van der Waals surface area contributed by atoms with Gasteiger partial charge in [0.25, 0.3) is 5.56 Å². The first-order valence-electron chi connectivity index (χ1n) is 27.3. The number of anilines is 4. The number of phosphoric acid groups is 6. The second kappa shape index (κ2) is 30.3. The molecule has 86 heavy (non-hydrogen) atoms. The minimum atomic E-state index is -6.51. The van der Waals surface area contributed by atoms with E-state index in [1.54, 1.807) is 0 Å². The summed E-state index contributed by atoms with van der Waals surface area (Å²) < 4.78 is 109. The molecular formula is C41H73N15O24P6. The van der Waals surface area contributed by atoms with Gasteiger partial charge in [-0.15, -0.1) is 0 Å². The zero-order chi connectivity index (χ0) is 62.7. The smallest absolute Gasteiger partial charge is 0.390 e. The molecule has 4 saturated heterocycles. The van der Waals surface area contributed by atoms with Gasteiger partial charge in [-0.25, -0.2) is 32.4 Å². The van der Waals surface area contributed by atoms with Crippen molar-refractivity contribution in [3.8, 4) is 0 Å². The fourth-order valence-corrected chi connectivity index (χ4v) is 17.3. The van der Waals surface area contributed by atoms with E-state index in [1.807, 2.05) is 0 Å². The van der Waals surface area contributed by atoms with Crippen LogP contribution in [-0.4, -0.2) is 171 Å². The number of aromatic amines is 1. The number of hydrogen-bond acceptors (Lipinski definition) is 29. The van der Waals surface area contributed by atoms with Crippen LogP contribution in [0, 0.1) is 5.92 Å². The number of nitrogen functional groups attached to an aromatic ring is 1. The number of unbranched alkanes of at least 4 members (excludes halogenated alkanes) is 5. The molecule has 0 saturated carbocycles. The summed E-state index contributed by atoms with van der Waals surface area (Å²) in [4.78, 5) is 128. The van der Waals surface area contributed by atoms with Gasteiger partial charge in [0.2, 0.25) is 35.6 Å². The number of amides is 2. The van der Waals surface area contributed by atoms with Gasteiger partial charge >= 0.3 is 46.9 Å². The highest BCUT2D eigenvalue weighted by Crippen LogP contribution is 2.75. The summed E-state index contributed by atoms with van der Waals surface area (Å²) in [5.41, 5.74) is 17.0. The monoisotopic (exact) mass is 1350 g/mol. The molecule has 39 nitrogen and oxygen atoms in total. The van der Waals surface area contributed by atoms with Crippen LogP contribution in [0.25, 0.3) is 11.2 Å². The molecule has 0 spiro atoms. The number of nitrogens with two attached hydrogens (primary N) is 3. The molecule has 4 fully saturated rings. The van der Waals surface area contributed by atoms with Gasteiger partial charge in [-0.3, -0.25) is 33.0 Å². The summed E-state index contributed by atoms with van der Waals surface area (Å²) in [6, 6.07) is 0.322. The molecule has 3 aromatic rings. The lowest BCUT2D eigenvalue weighted by molar-refractivity contribution is -0.125. The van der Waals surface area contributed by atoms with Gasteiger partial charge in [0, 0.05) is 83.2 Å². The SMILES string of the molecule is Nc1nc2c(ncn2C2CC(O)C(COP(=O)(O)OP(=O)(O)OP(=O)(O)OP(=O)(O)OP(=O)(O)OP(=O)(O)OCCCCCCNC(=O)CCCCCNC(=O)C3CCN(c4nc(N5CCC(N)CC5)nc(N5CCC(N)CC5)n4)CC3)O2)c(=O)[nH]1. The number of piperidine rings is 3. The van der Waals surface area contributed by atoms with E-state index >= 15 is 0 Å². The maximum Gasteiger partial charge on any atom is 0.490 e. The van der Waals surface area contributed by atoms with Crippen molar-refractivity contribution in [1.29, 1.82) is 0 Å². The molecule has 486 valence electrons. The number of aliphatic hydroxyl groups is 1. The Bertz CT molecular complexity index is 3120. The van der Waals surface area contributed by atoms with Crippen LogP contribution in [0.3, 0.4) is 0 Å². The highest BCUT2D eigenvalue weighted by atomic mass is 31.3. The van der Waals surface area contributed by atoms with Crippen LogP contribution in [0.15, 0.2) is 11.1 Å². The molecule has 9 atom stereocenters. The topological polar surface area (TPSA) is 566 Å². The van der Waals surface area contributed by atoms with E-state index in [4.69, 9.17) is 36.9 Å². The maximum atomic E-state index is 13.1. The molecule has 9 unspecified atom stereocenters. The minimum absolute atomic E-state index is 0.0118. The van der Waals surface area contributed by atoms with Crippen molar-refractivity contribution < 1.29 is 107 Å². The molecule has 3 aromatic heterocycles. The summed E-state index contributed by atoms with van der Waals surface area (Å²) in [5, 5.41) is 16.3. The number of carbonyl (C=O) groups excluding carboxylic acids is 2. The van der Waals surface area contributed by atoms with Gasteiger partial charge in [0.15, 0.2) is 11.2 Å². The quantitative estimate of drug-likeness (QED) is 0.0310. The first-order valence-corrected chi connectivity index (χ1v) is 36.3. The van der Waals surface area contributed by atoms with E-state index < -0.39 is 84.1 Å². The van der Waals surface area contributed by atoms with Crippen molar-refractivity contribution >= 4 is 93.7 Å². The number of imidazole rings is 1. The van der Waals surface area contributed by atoms with Gasteiger partial charge < -0.3 is 81.7 Å². The number of nitrogens with zero attached hydrogens (tertiary/aromatic N) is 9. The molecular weight excluding hydrogens is 1270 g/mol. The molecule has 7 heterocycles. The third-order valence-electron chi connectivity index (χ3n) is 13.8. The molecule has 16 N–H and O–H groups in total. The molecule has 7 rings (SSSR count). The Labute approximate surface area is 491 Å². The maximum absolute atomic E-state index is 13.1. The van der Waals surface area contributed by atoms with Crippen molar-refractivity contribution in [2.45, 2.75) is 127 Å². The van der Waals surface area contributed by atoms with E-state index in [9.17, 15) is 76.2 Å². The molecule has 0 bridgehead atoms. The predicted molar refractivity (Wildman–Crippen MR) is 300 cm³/mol. The number of aliphatic hydroxyl groups excluding tert-OH is 1. The third-order valence-corrected chi connectivity index (χ3v) is 23.1. The first kappa shape index (κ1) is 69.7.